The van der Waals surface area contributed by atoms with Crippen molar-refractivity contribution in [2.45, 2.75) is 25.4 Å². The number of pyridine rings is 1. The fraction of sp³-hybridized carbons (Fsp3) is 0.200. The Balaban J connectivity index is 0.00000280. The van der Waals surface area contributed by atoms with Crippen LogP contribution in [0.25, 0.3) is 22.6 Å². The number of fused-ring (bicyclic) bond motifs is 3. The van der Waals surface area contributed by atoms with E-state index in [4.69, 9.17) is 0 Å². The number of nitrogens with one attached hydrogen (secondary N) is 1. The van der Waals surface area contributed by atoms with Gasteiger partial charge in [-0.3, -0.25) is 9.25 Å². The molecule has 37 heavy (non-hydrogen) atoms. The summed E-state index contributed by atoms with van der Waals surface area (Å²) in [6.07, 6.45) is 5.35. The SMILES string of the molecule is C[C@H]1Cn2cc(-c3ccnc(Nc4ccnn4C)c3)cc2-c2nnc(C(F)(F)c3ccccc3F)n21.S. The van der Waals surface area contributed by atoms with Crippen LogP contribution in [0.1, 0.15) is 24.4 Å². The molecule has 0 fully saturated rings. The Hall–Kier alpha value is -4.06. The minimum Gasteiger partial charge on any atom is -0.342 e. The topological polar surface area (TPSA) is 78.4 Å². The lowest BCUT2D eigenvalue weighted by Crippen LogP contribution is -2.28. The smallest absolute Gasteiger partial charge is 0.334 e. The molecule has 1 aromatic carbocycles. The maximum atomic E-state index is 15.4. The minimum absolute atomic E-state index is 0. The first kappa shape index (κ1) is 24.6. The van der Waals surface area contributed by atoms with Crippen LogP contribution in [0.4, 0.5) is 24.8 Å². The number of aromatic nitrogens is 7. The van der Waals surface area contributed by atoms with Crippen molar-refractivity contribution in [2.24, 2.45) is 7.05 Å². The molecule has 8 nitrogen and oxygen atoms in total. The van der Waals surface area contributed by atoms with Crippen molar-refractivity contribution < 1.29 is 13.2 Å². The molecule has 1 atom stereocenters. The molecule has 4 aromatic heterocycles. The van der Waals surface area contributed by atoms with Gasteiger partial charge in [0.05, 0.1) is 23.5 Å². The fourth-order valence-electron chi connectivity index (χ4n) is 4.61. The summed E-state index contributed by atoms with van der Waals surface area (Å²) < 4.78 is 50.2. The number of hydrogen-bond donors (Lipinski definition) is 1. The summed E-state index contributed by atoms with van der Waals surface area (Å²) in [5.41, 5.74) is 1.71. The van der Waals surface area contributed by atoms with Crippen LogP contribution in [0.15, 0.2) is 67.1 Å². The molecule has 0 amide bonds. The number of aryl methyl sites for hydroxylation is 1. The van der Waals surface area contributed by atoms with Crippen LogP contribution in [0.3, 0.4) is 0 Å². The highest BCUT2D eigenvalue weighted by atomic mass is 32.1. The molecule has 190 valence electrons. The third-order valence-corrected chi connectivity index (χ3v) is 6.39. The van der Waals surface area contributed by atoms with Crippen LogP contribution in [-0.2, 0) is 19.5 Å². The van der Waals surface area contributed by atoms with Gasteiger partial charge in [-0.05, 0) is 42.8 Å². The molecule has 0 spiro atoms. The van der Waals surface area contributed by atoms with Gasteiger partial charge in [-0.15, -0.1) is 10.2 Å². The van der Waals surface area contributed by atoms with Gasteiger partial charge in [0.1, 0.15) is 17.5 Å². The highest BCUT2D eigenvalue weighted by Crippen LogP contribution is 2.41. The lowest BCUT2D eigenvalue weighted by atomic mass is 10.1. The van der Waals surface area contributed by atoms with Gasteiger partial charge >= 0.3 is 5.92 Å². The highest BCUT2D eigenvalue weighted by molar-refractivity contribution is 7.59. The van der Waals surface area contributed by atoms with E-state index in [1.807, 2.05) is 49.0 Å². The minimum atomic E-state index is -3.64. The Morgan fingerprint density at radius 2 is 1.84 bits per heavy atom. The van der Waals surface area contributed by atoms with Crippen LogP contribution in [0.2, 0.25) is 0 Å². The summed E-state index contributed by atoms with van der Waals surface area (Å²) in [4.78, 5) is 4.38. The van der Waals surface area contributed by atoms with E-state index >= 15 is 8.78 Å². The molecule has 0 radical (unpaired) electrons. The van der Waals surface area contributed by atoms with E-state index in [1.165, 1.54) is 16.7 Å². The van der Waals surface area contributed by atoms with E-state index in [2.05, 4.69) is 25.6 Å². The van der Waals surface area contributed by atoms with E-state index in [9.17, 15) is 4.39 Å². The summed E-state index contributed by atoms with van der Waals surface area (Å²) in [6, 6.07) is 12.0. The Morgan fingerprint density at radius 1 is 1.03 bits per heavy atom. The summed E-state index contributed by atoms with van der Waals surface area (Å²) in [5, 5.41) is 15.3. The zero-order valence-corrected chi connectivity index (χ0v) is 20.9. The monoisotopic (exact) mass is 524 g/mol. The molecule has 0 bridgehead atoms. The number of anilines is 2. The van der Waals surface area contributed by atoms with Crippen molar-refractivity contribution in [1.82, 2.24) is 34.1 Å². The molecule has 12 heteroatoms. The van der Waals surface area contributed by atoms with Crippen molar-refractivity contribution in [3.63, 3.8) is 0 Å². The number of alkyl halides is 2. The molecule has 6 rings (SSSR count). The summed E-state index contributed by atoms with van der Waals surface area (Å²) in [6.45, 7) is 2.25. The summed E-state index contributed by atoms with van der Waals surface area (Å²) in [7, 11) is 1.83. The van der Waals surface area contributed by atoms with E-state index in [0.29, 0.717) is 23.9 Å². The molecule has 0 saturated heterocycles. The fourth-order valence-corrected chi connectivity index (χ4v) is 4.61. The van der Waals surface area contributed by atoms with E-state index in [1.54, 1.807) is 17.1 Å². The van der Waals surface area contributed by atoms with Crippen molar-refractivity contribution in [1.29, 1.82) is 0 Å². The molecule has 1 aliphatic heterocycles. The Morgan fingerprint density at radius 3 is 2.59 bits per heavy atom. The number of nitrogens with zero attached hydrogens (tertiary/aromatic N) is 7. The van der Waals surface area contributed by atoms with Gasteiger partial charge in [-0.1, -0.05) is 12.1 Å². The molecule has 0 aliphatic carbocycles. The van der Waals surface area contributed by atoms with Gasteiger partial charge in [0.25, 0.3) is 0 Å². The van der Waals surface area contributed by atoms with Gasteiger partial charge in [-0.25, -0.2) is 9.37 Å². The van der Waals surface area contributed by atoms with Gasteiger partial charge in [0, 0.05) is 37.6 Å². The first-order chi connectivity index (χ1) is 17.3. The van der Waals surface area contributed by atoms with Crippen LogP contribution in [0.5, 0.6) is 0 Å². The maximum absolute atomic E-state index is 15.4. The molecule has 5 aromatic rings. The summed E-state index contributed by atoms with van der Waals surface area (Å²) >= 11 is 0. The first-order valence-corrected chi connectivity index (χ1v) is 11.3. The highest BCUT2D eigenvalue weighted by Gasteiger charge is 2.44. The van der Waals surface area contributed by atoms with E-state index < -0.39 is 23.1 Å². The second-order valence-electron chi connectivity index (χ2n) is 8.78. The van der Waals surface area contributed by atoms with Crippen LogP contribution in [0, 0.1) is 5.82 Å². The quantitative estimate of drug-likeness (QED) is 0.340. The standard InChI is InChI=1S/C25H21F3N8.H2S/c1-15-13-35-14-17(16-7-9-29-21(12-16)31-22-8-10-30-34(22)2)11-20(35)23-32-33-24(36(15)23)25(27,28)18-5-3-4-6-19(18)26;/h3-12,14-15H,13H2,1-2H3,(H,29,31);1H2/t15-;/m0./s1. The van der Waals surface area contributed by atoms with E-state index in [0.717, 1.165) is 29.1 Å². The second kappa shape index (κ2) is 9.11. The largest absolute Gasteiger partial charge is 0.342 e. The number of rotatable bonds is 5. The van der Waals surface area contributed by atoms with Crippen molar-refractivity contribution in [3.8, 4) is 22.6 Å². The molecule has 0 saturated carbocycles. The van der Waals surface area contributed by atoms with E-state index in [-0.39, 0.29) is 19.5 Å². The van der Waals surface area contributed by atoms with Gasteiger partial charge in [0.15, 0.2) is 5.82 Å². The first-order valence-electron chi connectivity index (χ1n) is 11.3. The van der Waals surface area contributed by atoms with Crippen LogP contribution < -0.4 is 5.32 Å². The van der Waals surface area contributed by atoms with Crippen molar-refractivity contribution >= 4 is 25.1 Å². The third kappa shape index (κ3) is 4.06. The van der Waals surface area contributed by atoms with Crippen LogP contribution in [-0.4, -0.2) is 34.1 Å². The molecule has 5 heterocycles. The Kier molecular flexibility index (Phi) is 6.06. The van der Waals surface area contributed by atoms with Gasteiger partial charge in [0.2, 0.25) is 5.82 Å². The normalized spacial score (nSPS) is 14.6. The Bertz CT molecular complexity index is 1590. The molecule has 1 N–H and O–H groups in total. The summed E-state index contributed by atoms with van der Waals surface area (Å²) in [5.74, 6) is -3.45. The van der Waals surface area contributed by atoms with Crippen molar-refractivity contribution in [3.05, 3.63) is 84.3 Å². The average Bonchev–Trinajstić information content (AvgIpc) is 3.58. The molecular weight excluding hydrogens is 501 g/mol. The molecule has 1 aliphatic rings. The number of benzene rings is 1. The number of hydrogen-bond acceptors (Lipinski definition) is 5. The lowest BCUT2D eigenvalue weighted by Gasteiger charge is -2.27. The molecular formula is C25H23F3N8S. The predicted molar refractivity (Wildman–Crippen MR) is 138 cm³/mol. The Labute approximate surface area is 217 Å². The third-order valence-electron chi connectivity index (χ3n) is 6.39. The maximum Gasteiger partial charge on any atom is 0.334 e. The molecule has 0 unspecified atom stereocenters. The zero-order chi connectivity index (χ0) is 25.0. The van der Waals surface area contributed by atoms with Crippen molar-refractivity contribution in [2.75, 3.05) is 5.32 Å². The van der Waals surface area contributed by atoms with Crippen LogP contribution >= 0.6 is 13.5 Å². The average molecular weight is 525 g/mol. The lowest BCUT2D eigenvalue weighted by molar-refractivity contribution is 0.0231. The number of halogens is 3. The predicted octanol–water partition coefficient (Wildman–Crippen LogP) is 5.25. The van der Waals surface area contributed by atoms with Gasteiger partial charge in [-0.2, -0.15) is 27.4 Å². The second-order valence-corrected chi connectivity index (χ2v) is 8.78. The zero-order valence-electron chi connectivity index (χ0n) is 19.9. The van der Waals surface area contributed by atoms with Gasteiger partial charge < -0.3 is 9.88 Å².